The lowest BCUT2D eigenvalue weighted by Crippen LogP contribution is -2.33. The highest BCUT2D eigenvalue weighted by molar-refractivity contribution is 6.33. The summed E-state index contributed by atoms with van der Waals surface area (Å²) >= 11 is 6.08. The van der Waals surface area contributed by atoms with E-state index >= 15 is 0 Å². The second-order valence-corrected chi connectivity index (χ2v) is 7.43. The molecule has 2 N–H and O–H groups in total. The van der Waals surface area contributed by atoms with Crippen LogP contribution in [0.1, 0.15) is 39.7 Å². The normalized spacial score (nSPS) is 11.8. The van der Waals surface area contributed by atoms with E-state index in [0.29, 0.717) is 17.5 Å². The van der Waals surface area contributed by atoms with Crippen LogP contribution in [0.15, 0.2) is 60.8 Å². The van der Waals surface area contributed by atoms with Gasteiger partial charge in [0.25, 0.3) is 0 Å². The van der Waals surface area contributed by atoms with Gasteiger partial charge in [0.2, 0.25) is 0 Å². The number of halogens is 3. The molecule has 0 unspecified atom stereocenters. The van der Waals surface area contributed by atoms with Crippen LogP contribution in [0.4, 0.5) is 8.78 Å². The van der Waals surface area contributed by atoms with Gasteiger partial charge in [0.05, 0.1) is 16.1 Å². The molecule has 0 atom stereocenters. The fourth-order valence-corrected chi connectivity index (χ4v) is 4.06. The Labute approximate surface area is 181 Å². The van der Waals surface area contributed by atoms with Crippen LogP contribution in [0.2, 0.25) is 5.02 Å². The number of aromatic carboxylic acids is 1. The maximum atomic E-state index is 14.9. The van der Waals surface area contributed by atoms with Gasteiger partial charge in [-0.15, -0.1) is 0 Å². The Hall–Kier alpha value is -3.29. The molecule has 158 valence electrons. The summed E-state index contributed by atoms with van der Waals surface area (Å²) in [5, 5.41) is 25.7. The average molecular weight is 443 g/mol. The second-order valence-electron chi connectivity index (χ2n) is 7.02. The molecule has 4 aromatic rings. The number of carboxylic acid groups (broad SMARTS) is 1. The number of nitrogens with zero attached hydrogens (tertiary/aromatic N) is 2. The standard InChI is InChI=1S/C23H17ClF2N2O3/c1-2-13-20-11-14(22(29)30)17(24)12-28(20)27-21(13)23(31,15-7-3-5-9-18(15)25)16-8-4-6-10-19(16)26/h3-12,31H,2H2,1H3,(H,29,30). The molecule has 0 radical (unpaired) electrons. The van der Waals surface area contributed by atoms with Crippen molar-refractivity contribution in [2.75, 3.05) is 0 Å². The number of hydrogen-bond donors (Lipinski definition) is 2. The number of aryl methyl sites for hydroxylation is 1. The van der Waals surface area contributed by atoms with Crippen LogP contribution < -0.4 is 0 Å². The zero-order valence-corrected chi connectivity index (χ0v) is 17.1. The molecule has 0 amide bonds. The number of rotatable bonds is 5. The Bertz CT molecular complexity index is 1270. The molecule has 0 aliphatic heterocycles. The van der Waals surface area contributed by atoms with Crippen molar-refractivity contribution in [3.8, 4) is 0 Å². The number of fused-ring (bicyclic) bond motifs is 1. The minimum Gasteiger partial charge on any atom is -0.478 e. The quantitative estimate of drug-likeness (QED) is 0.465. The summed E-state index contributed by atoms with van der Waals surface area (Å²) < 4.78 is 31.1. The van der Waals surface area contributed by atoms with Crippen LogP contribution >= 0.6 is 11.6 Å². The van der Waals surface area contributed by atoms with Crippen molar-refractivity contribution in [2.24, 2.45) is 0 Å². The highest BCUT2D eigenvalue weighted by atomic mass is 35.5. The lowest BCUT2D eigenvalue weighted by Gasteiger charge is -2.29. The van der Waals surface area contributed by atoms with E-state index in [1.807, 2.05) is 0 Å². The van der Waals surface area contributed by atoms with E-state index < -0.39 is 23.2 Å². The van der Waals surface area contributed by atoms with Crippen molar-refractivity contribution in [1.82, 2.24) is 9.61 Å². The molecular weight excluding hydrogens is 426 g/mol. The number of aromatic nitrogens is 2. The van der Waals surface area contributed by atoms with Crippen molar-refractivity contribution < 1.29 is 23.8 Å². The molecule has 0 saturated carbocycles. The Morgan fingerprint density at radius 2 is 1.65 bits per heavy atom. The van der Waals surface area contributed by atoms with Gasteiger partial charge < -0.3 is 10.2 Å². The lowest BCUT2D eigenvalue weighted by molar-refractivity contribution is 0.0697. The van der Waals surface area contributed by atoms with E-state index in [-0.39, 0.29) is 27.4 Å². The maximum absolute atomic E-state index is 14.9. The van der Waals surface area contributed by atoms with E-state index in [1.54, 1.807) is 6.92 Å². The largest absolute Gasteiger partial charge is 0.478 e. The van der Waals surface area contributed by atoms with Gasteiger partial charge >= 0.3 is 5.97 Å². The zero-order chi connectivity index (χ0) is 22.3. The Balaban J connectivity index is 2.13. The molecular formula is C23H17ClF2N2O3. The summed E-state index contributed by atoms with van der Waals surface area (Å²) in [6.45, 7) is 1.78. The van der Waals surface area contributed by atoms with Crippen molar-refractivity contribution >= 4 is 23.1 Å². The summed E-state index contributed by atoms with van der Waals surface area (Å²) in [7, 11) is 0. The van der Waals surface area contributed by atoms with Gasteiger partial charge in [-0.1, -0.05) is 54.9 Å². The number of pyridine rings is 1. The Morgan fingerprint density at radius 1 is 1.10 bits per heavy atom. The number of aliphatic hydroxyl groups is 1. The third-order valence-corrected chi connectivity index (χ3v) is 5.58. The first-order valence-corrected chi connectivity index (χ1v) is 9.83. The van der Waals surface area contributed by atoms with Gasteiger partial charge in [-0.05, 0) is 24.6 Å². The number of benzene rings is 2. The van der Waals surface area contributed by atoms with Gasteiger partial charge in [-0.2, -0.15) is 5.10 Å². The van der Waals surface area contributed by atoms with Crippen molar-refractivity contribution in [1.29, 1.82) is 0 Å². The van der Waals surface area contributed by atoms with Crippen LogP contribution in [0.25, 0.3) is 5.52 Å². The maximum Gasteiger partial charge on any atom is 0.337 e. The summed E-state index contributed by atoms with van der Waals surface area (Å²) in [5.74, 6) is -2.70. The first-order chi connectivity index (χ1) is 14.8. The molecule has 0 aliphatic rings. The van der Waals surface area contributed by atoms with E-state index in [1.165, 1.54) is 65.3 Å². The van der Waals surface area contributed by atoms with Crippen molar-refractivity contribution in [3.05, 3.63) is 105 Å². The molecule has 0 fully saturated rings. The van der Waals surface area contributed by atoms with Gasteiger partial charge in [0.15, 0.2) is 5.60 Å². The molecule has 2 heterocycles. The monoisotopic (exact) mass is 442 g/mol. The fraction of sp³-hybridized carbons (Fsp3) is 0.130. The molecule has 5 nitrogen and oxygen atoms in total. The first kappa shape index (κ1) is 21.0. The van der Waals surface area contributed by atoms with Gasteiger partial charge in [0, 0.05) is 22.9 Å². The third kappa shape index (κ3) is 3.26. The summed E-state index contributed by atoms with van der Waals surface area (Å²) in [6.07, 6.45) is 1.61. The van der Waals surface area contributed by atoms with E-state index in [4.69, 9.17) is 11.6 Å². The van der Waals surface area contributed by atoms with E-state index in [2.05, 4.69) is 5.10 Å². The van der Waals surface area contributed by atoms with Crippen LogP contribution in [0.5, 0.6) is 0 Å². The minimum absolute atomic E-state index is 0.0104. The van der Waals surface area contributed by atoms with Crippen LogP contribution in [-0.2, 0) is 12.0 Å². The zero-order valence-electron chi connectivity index (χ0n) is 16.3. The van der Waals surface area contributed by atoms with Crippen LogP contribution in [0, 0.1) is 11.6 Å². The predicted molar refractivity (Wildman–Crippen MR) is 111 cm³/mol. The number of carbonyl (C=O) groups is 1. The predicted octanol–water partition coefficient (Wildman–Crippen LogP) is 4.81. The topological polar surface area (TPSA) is 74.8 Å². The highest BCUT2D eigenvalue weighted by Gasteiger charge is 2.42. The van der Waals surface area contributed by atoms with Crippen LogP contribution in [-0.4, -0.2) is 25.8 Å². The molecule has 4 rings (SSSR count). The van der Waals surface area contributed by atoms with Crippen LogP contribution in [0.3, 0.4) is 0 Å². The second kappa shape index (κ2) is 7.76. The molecule has 0 saturated heterocycles. The third-order valence-electron chi connectivity index (χ3n) is 5.28. The van der Waals surface area contributed by atoms with Gasteiger partial charge in [-0.3, -0.25) is 0 Å². The van der Waals surface area contributed by atoms with Crippen molar-refractivity contribution in [3.63, 3.8) is 0 Å². The van der Waals surface area contributed by atoms with Gasteiger partial charge in [0.1, 0.15) is 17.3 Å². The molecule has 0 bridgehead atoms. The molecule has 8 heteroatoms. The molecule has 2 aromatic heterocycles. The number of hydrogen-bond acceptors (Lipinski definition) is 3. The molecule has 2 aromatic carbocycles. The highest BCUT2D eigenvalue weighted by Crippen LogP contribution is 2.41. The Morgan fingerprint density at radius 3 is 2.13 bits per heavy atom. The van der Waals surface area contributed by atoms with E-state index in [0.717, 1.165) is 0 Å². The molecule has 0 spiro atoms. The fourth-order valence-electron chi connectivity index (χ4n) is 3.83. The summed E-state index contributed by atoms with van der Waals surface area (Å²) in [6, 6.07) is 12.4. The molecule has 31 heavy (non-hydrogen) atoms. The van der Waals surface area contributed by atoms with Crippen molar-refractivity contribution in [2.45, 2.75) is 18.9 Å². The first-order valence-electron chi connectivity index (χ1n) is 9.46. The minimum atomic E-state index is -2.27. The Kier molecular flexibility index (Phi) is 5.24. The lowest BCUT2D eigenvalue weighted by atomic mass is 9.80. The summed E-state index contributed by atoms with van der Waals surface area (Å²) in [4.78, 5) is 11.5. The van der Waals surface area contributed by atoms with E-state index in [9.17, 15) is 23.8 Å². The smallest absolute Gasteiger partial charge is 0.337 e. The number of carboxylic acids is 1. The summed E-state index contributed by atoms with van der Waals surface area (Å²) in [5.41, 5.74) is -1.98. The SMILES string of the molecule is CCc1c(C(O)(c2ccccc2F)c2ccccc2F)nn2cc(Cl)c(C(=O)O)cc12. The average Bonchev–Trinajstić information content (AvgIpc) is 3.11. The molecule has 0 aliphatic carbocycles. The van der Waals surface area contributed by atoms with Gasteiger partial charge in [-0.25, -0.2) is 18.1 Å².